The minimum absolute atomic E-state index is 0.222. The van der Waals surface area contributed by atoms with E-state index in [1.54, 1.807) is 18.6 Å². The Hall–Kier alpha value is -4.27. The molecule has 9 heteroatoms. The van der Waals surface area contributed by atoms with Gasteiger partial charge in [0.2, 0.25) is 0 Å². The zero-order chi connectivity index (χ0) is 27.1. The fourth-order valence-corrected chi connectivity index (χ4v) is 6.24. The number of imidazole rings is 1. The summed E-state index contributed by atoms with van der Waals surface area (Å²) in [5.74, 6) is 0.526. The highest BCUT2D eigenvalue weighted by molar-refractivity contribution is 5.97. The van der Waals surface area contributed by atoms with Crippen LogP contribution in [0.5, 0.6) is 0 Å². The monoisotopic (exact) mass is 536 g/mol. The first-order valence-corrected chi connectivity index (χ1v) is 14.3. The lowest BCUT2D eigenvalue weighted by atomic mass is 9.87. The predicted molar refractivity (Wildman–Crippen MR) is 158 cm³/mol. The van der Waals surface area contributed by atoms with Crippen molar-refractivity contribution in [2.45, 2.75) is 51.4 Å². The average Bonchev–Trinajstić information content (AvgIpc) is 3.63. The summed E-state index contributed by atoms with van der Waals surface area (Å²) in [6, 6.07) is 8.03. The average molecular weight is 537 g/mol. The lowest BCUT2D eigenvalue weighted by Gasteiger charge is -2.28. The molecule has 2 aliphatic rings. The van der Waals surface area contributed by atoms with Gasteiger partial charge in [0.25, 0.3) is 0 Å². The van der Waals surface area contributed by atoms with Gasteiger partial charge in [-0.25, -0.2) is 9.37 Å². The number of rotatable bonds is 6. The van der Waals surface area contributed by atoms with Crippen LogP contribution in [-0.4, -0.2) is 43.2 Å². The van der Waals surface area contributed by atoms with Gasteiger partial charge in [0.15, 0.2) is 11.6 Å². The van der Waals surface area contributed by atoms with E-state index in [0.29, 0.717) is 33.9 Å². The summed E-state index contributed by atoms with van der Waals surface area (Å²) in [6.45, 7) is 6.31. The molecule has 0 radical (unpaired) electrons. The minimum Gasteiger partial charge on any atom is -0.370 e. The van der Waals surface area contributed by atoms with Gasteiger partial charge < -0.3 is 15.2 Å². The zero-order valence-corrected chi connectivity index (χ0v) is 22.5. The summed E-state index contributed by atoms with van der Waals surface area (Å²) in [7, 11) is 0. The molecule has 3 N–H and O–H groups in total. The highest BCUT2D eigenvalue weighted by atomic mass is 19.1. The Morgan fingerprint density at radius 1 is 0.975 bits per heavy atom. The third-order valence-electron chi connectivity index (χ3n) is 8.37. The fourth-order valence-electron chi connectivity index (χ4n) is 6.24. The molecule has 40 heavy (non-hydrogen) atoms. The molecule has 2 fully saturated rings. The third-order valence-corrected chi connectivity index (χ3v) is 8.37. The fraction of sp³-hybridized carbons (Fsp3) is 0.355. The number of anilines is 2. The SMILES string of the molecule is C=C(Nc1cncc(-c2ncc3[nH]nc(-c4nc5c(N6CCCCC6)cccc5[nH]4)c3c2F)c1)C1CCCCC1. The highest BCUT2D eigenvalue weighted by Gasteiger charge is 2.23. The molecule has 1 aromatic carbocycles. The smallest absolute Gasteiger partial charge is 0.161 e. The molecule has 204 valence electrons. The van der Waals surface area contributed by atoms with Crippen LogP contribution in [0.2, 0.25) is 0 Å². The van der Waals surface area contributed by atoms with Gasteiger partial charge >= 0.3 is 0 Å². The van der Waals surface area contributed by atoms with Crippen molar-refractivity contribution in [3.8, 4) is 22.8 Å². The Kier molecular flexibility index (Phi) is 6.42. The van der Waals surface area contributed by atoms with Crippen LogP contribution in [0.1, 0.15) is 51.4 Å². The number of piperidine rings is 1. The van der Waals surface area contributed by atoms with Crippen LogP contribution in [0.3, 0.4) is 0 Å². The summed E-state index contributed by atoms with van der Waals surface area (Å²) >= 11 is 0. The van der Waals surface area contributed by atoms with Crippen LogP contribution in [-0.2, 0) is 0 Å². The van der Waals surface area contributed by atoms with Crippen LogP contribution in [0.25, 0.3) is 44.7 Å². The first-order chi connectivity index (χ1) is 19.7. The normalized spacial score (nSPS) is 16.6. The maximum Gasteiger partial charge on any atom is 0.161 e. The Bertz CT molecular complexity index is 1690. The Balaban J connectivity index is 1.24. The number of pyridine rings is 2. The standard InChI is InChI=1S/C31H33FN8/c1-19(20-9-4-2-5-10-20)35-22-15-21(16-33-17-22)28-27(32)26-24(18-34-28)38-39-30(26)31-36-23-11-8-12-25(29(23)37-31)40-13-6-3-7-14-40/h8,11-12,15-18,20,35H,1-7,9-10,13-14H2,(H,36,37)(H,38,39). The van der Waals surface area contributed by atoms with Gasteiger partial charge in [-0.3, -0.25) is 15.1 Å². The number of halogens is 1. The maximum absolute atomic E-state index is 16.2. The quantitative estimate of drug-likeness (QED) is 0.212. The van der Waals surface area contributed by atoms with E-state index in [0.717, 1.165) is 54.0 Å². The number of hydrogen-bond acceptors (Lipinski definition) is 6. The number of allylic oxidation sites excluding steroid dienone is 1. The number of H-pyrrole nitrogens is 2. The predicted octanol–water partition coefficient (Wildman–Crippen LogP) is 7.20. The number of benzene rings is 1. The van der Waals surface area contributed by atoms with Gasteiger partial charge in [-0.15, -0.1) is 0 Å². The Morgan fingerprint density at radius 3 is 2.65 bits per heavy atom. The van der Waals surface area contributed by atoms with Gasteiger partial charge in [-0.1, -0.05) is 31.9 Å². The van der Waals surface area contributed by atoms with Crippen LogP contribution in [0, 0.1) is 11.7 Å². The van der Waals surface area contributed by atoms with E-state index in [1.807, 2.05) is 18.2 Å². The Morgan fingerprint density at radius 2 is 1.80 bits per heavy atom. The molecular weight excluding hydrogens is 503 g/mol. The molecule has 5 heterocycles. The number of aromatic amines is 2. The number of nitrogens with zero attached hydrogens (tertiary/aromatic N) is 5. The van der Waals surface area contributed by atoms with E-state index in [-0.39, 0.29) is 5.69 Å². The van der Waals surface area contributed by atoms with Crippen molar-refractivity contribution < 1.29 is 4.39 Å². The van der Waals surface area contributed by atoms with Gasteiger partial charge in [-0.05, 0) is 56.2 Å². The van der Waals surface area contributed by atoms with Crippen LogP contribution in [0.15, 0.2) is 55.1 Å². The largest absolute Gasteiger partial charge is 0.370 e. The molecule has 0 unspecified atom stereocenters. The lowest BCUT2D eigenvalue weighted by molar-refractivity contribution is 0.405. The molecule has 1 saturated heterocycles. The molecule has 8 nitrogen and oxygen atoms in total. The molecule has 5 aromatic rings. The van der Waals surface area contributed by atoms with Gasteiger partial charge in [0, 0.05) is 30.5 Å². The molecular formula is C31H33FN8. The molecule has 0 amide bonds. The summed E-state index contributed by atoms with van der Waals surface area (Å²) in [5.41, 5.74) is 6.43. The van der Waals surface area contributed by atoms with Crippen LogP contribution >= 0.6 is 0 Å². The van der Waals surface area contributed by atoms with E-state index in [1.165, 1.54) is 38.5 Å². The van der Waals surface area contributed by atoms with Crippen LogP contribution < -0.4 is 10.2 Å². The highest BCUT2D eigenvalue weighted by Crippen LogP contribution is 2.35. The number of nitrogens with one attached hydrogen (secondary N) is 3. The van der Waals surface area contributed by atoms with Crippen molar-refractivity contribution in [1.29, 1.82) is 0 Å². The van der Waals surface area contributed by atoms with Crippen LogP contribution in [0.4, 0.5) is 15.8 Å². The molecule has 1 aliphatic heterocycles. The lowest BCUT2D eigenvalue weighted by Crippen LogP contribution is -2.29. The zero-order valence-electron chi connectivity index (χ0n) is 22.5. The van der Waals surface area contributed by atoms with Crippen molar-refractivity contribution in [2.75, 3.05) is 23.3 Å². The van der Waals surface area contributed by atoms with Crippen molar-refractivity contribution in [2.24, 2.45) is 5.92 Å². The summed E-state index contributed by atoms with van der Waals surface area (Å²) in [4.78, 5) is 19.5. The molecule has 1 saturated carbocycles. The summed E-state index contributed by atoms with van der Waals surface area (Å²) in [6.07, 6.45) is 14.7. The van der Waals surface area contributed by atoms with Gasteiger partial charge in [0.1, 0.15) is 16.9 Å². The second-order valence-electron chi connectivity index (χ2n) is 11.0. The van der Waals surface area contributed by atoms with Crippen molar-refractivity contribution in [3.63, 3.8) is 0 Å². The molecule has 7 rings (SSSR count). The molecule has 4 aromatic heterocycles. The second-order valence-corrected chi connectivity index (χ2v) is 11.0. The van der Waals surface area contributed by atoms with Crippen molar-refractivity contribution in [1.82, 2.24) is 30.1 Å². The minimum atomic E-state index is -0.456. The number of aromatic nitrogens is 6. The first-order valence-electron chi connectivity index (χ1n) is 14.3. The van der Waals surface area contributed by atoms with E-state index in [4.69, 9.17) is 4.98 Å². The molecule has 0 spiro atoms. The molecule has 1 aliphatic carbocycles. The number of hydrogen-bond donors (Lipinski definition) is 3. The van der Waals surface area contributed by atoms with E-state index < -0.39 is 5.82 Å². The second kappa shape index (κ2) is 10.4. The van der Waals surface area contributed by atoms with Crippen molar-refractivity contribution in [3.05, 3.63) is 60.9 Å². The van der Waals surface area contributed by atoms with E-state index >= 15 is 4.39 Å². The van der Waals surface area contributed by atoms with Gasteiger partial charge in [-0.2, -0.15) is 5.10 Å². The van der Waals surface area contributed by atoms with E-state index in [2.05, 4.69) is 48.0 Å². The topological polar surface area (TPSA) is 98.4 Å². The third kappa shape index (κ3) is 4.49. The van der Waals surface area contributed by atoms with Crippen molar-refractivity contribution >= 4 is 33.3 Å². The Labute approximate surface area is 232 Å². The summed E-state index contributed by atoms with van der Waals surface area (Å²) in [5, 5.41) is 11.2. The number of fused-ring (bicyclic) bond motifs is 2. The molecule has 0 atom stereocenters. The summed E-state index contributed by atoms with van der Waals surface area (Å²) < 4.78 is 16.2. The number of para-hydroxylation sites is 1. The van der Waals surface area contributed by atoms with Gasteiger partial charge in [0.05, 0.1) is 40.2 Å². The van der Waals surface area contributed by atoms with E-state index in [9.17, 15) is 0 Å². The molecule has 0 bridgehead atoms. The maximum atomic E-state index is 16.2. The first kappa shape index (κ1) is 24.7.